The molecular formula is C36H26N2S. The monoisotopic (exact) mass is 523 g/mol. The first-order chi connectivity index (χ1) is 21.4. The fraction of sp³-hybridized carbons (Fsp3) is 0. The van der Waals surface area contributed by atoms with Crippen LogP contribution in [0.15, 0.2) is 152 Å². The van der Waals surface area contributed by atoms with Gasteiger partial charge in [0.15, 0.2) is 0 Å². The lowest BCUT2D eigenvalue weighted by Gasteiger charge is -2.25. The third-order valence-corrected chi connectivity index (χ3v) is 7.85. The Morgan fingerprint density at radius 3 is 1.77 bits per heavy atom. The van der Waals surface area contributed by atoms with Crippen molar-refractivity contribution in [2.24, 2.45) is 0 Å². The highest BCUT2D eigenvalue weighted by Gasteiger charge is 2.14. The zero-order valence-corrected chi connectivity index (χ0v) is 21.7. The molecule has 7 aromatic rings. The number of para-hydroxylation sites is 2. The number of nitrogens with zero attached hydrogens (tertiary/aromatic N) is 1. The van der Waals surface area contributed by atoms with Crippen molar-refractivity contribution in [2.75, 3.05) is 10.2 Å². The second kappa shape index (κ2) is 10.1. The standard InChI is InChI=1S/C36H26N2S/c1-4-10-26(11-5-1)27-16-18-28(19-17-27)37-29-20-22-35-33(24-29)34-25-32(21-23-36(34)39-35)38(30-12-6-2-7-13-30)31-14-8-3-9-15-31/h1-25,37H/i1D,4D,5D,10D,11D. The normalized spacial score (nSPS) is 12.9. The fourth-order valence-electron chi connectivity index (χ4n) is 4.86. The molecule has 186 valence electrons. The molecule has 0 aliphatic rings. The predicted octanol–water partition coefficient (Wildman–Crippen LogP) is 10.9. The van der Waals surface area contributed by atoms with Crippen molar-refractivity contribution >= 4 is 59.9 Å². The van der Waals surface area contributed by atoms with Crippen molar-refractivity contribution in [1.29, 1.82) is 0 Å². The minimum absolute atomic E-state index is 0.199. The molecule has 1 N–H and O–H groups in total. The van der Waals surface area contributed by atoms with E-state index in [1.54, 1.807) is 23.5 Å². The van der Waals surface area contributed by atoms with Crippen LogP contribution in [0, 0.1) is 0 Å². The van der Waals surface area contributed by atoms with Gasteiger partial charge in [0.2, 0.25) is 0 Å². The van der Waals surface area contributed by atoms with Crippen LogP contribution in [-0.4, -0.2) is 0 Å². The Labute approximate surface area is 239 Å². The molecule has 0 aliphatic heterocycles. The molecule has 0 aliphatic carbocycles. The Morgan fingerprint density at radius 1 is 0.513 bits per heavy atom. The lowest BCUT2D eigenvalue weighted by molar-refractivity contribution is 1.29. The molecule has 0 atom stereocenters. The van der Waals surface area contributed by atoms with Crippen LogP contribution in [0.4, 0.5) is 28.4 Å². The van der Waals surface area contributed by atoms with E-state index in [1.165, 1.54) is 14.8 Å². The van der Waals surface area contributed by atoms with E-state index in [0.29, 0.717) is 5.56 Å². The van der Waals surface area contributed by atoms with Gasteiger partial charge in [-0.25, -0.2) is 0 Å². The molecule has 39 heavy (non-hydrogen) atoms. The molecule has 0 radical (unpaired) electrons. The summed E-state index contributed by atoms with van der Waals surface area (Å²) in [5.41, 5.74) is 5.79. The SMILES string of the molecule is [2H]c1c([2H])c([2H])c(-c2ccc(Nc3ccc4sc5ccc(N(c6ccccc6)c6ccccc6)cc5c4c3)cc2)c([2H])c1[2H]. The molecule has 0 saturated heterocycles. The van der Waals surface area contributed by atoms with Gasteiger partial charge in [-0.05, 0) is 83.9 Å². The van der Waals surface area contributed by atoms with Crippen molar-refractivity contribution < 1.29 is 6.85 Å². The topological polar surface area (TPSA) is 15.3 Å². The van der Waals surface area contributed by atoms with Gasteiger partial charge in [-0.2, -0.15) is 0 Å². The zero-order valence-electron chi connectivity index (χ0n) is 25.9. The van der Waals surface area contributed by atoms with Gasteiger partial charge in [0.05, 0.1) is 6.85 Å². The summed E-state index contributed by atoms with van der Waals surface area (Å²) in [6.45, 7) is 0. The Balaban J connectivity index is 1.24. The number of hydrogen-bond donors (Lipinski definition) is 1. The highest BCUT2D eigenvalue weighted by Crippen LogP contribution is 2.41. The lowest BCUT2D eigenvalue weighted by atomic mass is 10.1. The Hall–Kier alpha value is -4.86. The predicted molar refractivity (Wildman–Crippen MR) is 169 cm³/mol. The summed E-state index contributed by atoms with van der Waals surface area (Å²) in [5.74, 6) is 0. The summed E-state index contributed by atoms with van der Waals surface area (Å²) in [6, 6.07) is 39.5. The molecule has 0 fully saturated rings. The van der Waals surface area contributed by atoms with Gasteiger partial charge in [0.25, 0.3) is 0 Å². The van der Waals surface area contributed by atoms with E-state index in [2.05, 4.69) is 95.1 Å². The maximum atomic E-state index is 8.28. The molecule has 0 amide bonds. The highest BCUT2D eigenvalue weighted by atomic mass is 32.1. The van der Waals surface area contributed by atoms with Crippen molar-refractivity contribution in [3.63, 3.8) is 0 Å². The molecule has 1 heterocycles. The average Bonchev–Trinajstić information content (AvgIpc) is 3.42. The number of rotatable bonds is 6. The van der Waals surface area contributed by atoms with Gasteiger partial charge in [-0.1, -0.05) is 78.7 Å². The number of nitrogens with one attached hydrogen (secondary N) is 1. The van der Waals surface area contributed by atoms with E-state index in [4.69, 9.17) is 6.85 Å². The lowest BCUT2D eigenvalue weighted by Crippen LogP contribution is -2.09. The molecule has 7 rings (SSSR count). The van der Waals surface area contributed by atoms with Crippen LogP contribution < -0.4 is 10.2 Å². The molecule has 2 nitrogen and oxygen atoms in total. The summed E-state index contributed by atoms with van der Waals surface area (Å²) in [5, 5.41) is 5.82. The molecule has 0 unspecified atom stereocenters. The van der Waals surface area contributed by atoms with Crippen molar-refractivity contribution in [3.05, 3.63) is 152 Å². The number of thiophene rings is 1. The Kier molecular flexibility index (Phi) is 4.78. The van der Waals surface area contributed by atoms with Crippen LogP contribution in [-0.2, 0) is 0 Å². The molecule has 0 bridgehead atoms. The summed E-state index contributed by atoms with van der Waals surface area (Å²) >= 11 is 1.77. The fourth-order valence-corrected chi connectivity index (χ4v) is 5.93. The van der Waals surface area contributed by atoms with Gasteiger partial charge < -0.3 is 10.2 Å². The first-order valence-corrected chi connectivity index (χ1v) is 13.5. The van der Waals surface area contributed by atoms with Crippen molar-refractivity contribution in [2.45, 2.75) is 0 Å². The molecule has 0 saturated carbocycles. The highest BCUT2D eigenvalue weighted by molar-refractivity contribution is 7.25. The van der Waals surface area contributed by atoms with Crippen LogP contribution in [0.5, 0.6) is 0 Å². The van der Waals surface area contributed by atoms with Gasteiger partial charge in [0, 0.05) is 48.6 Å². The number of benzene rings is 6. The van der Waals surface area contributed by atoms with Crippen LogP contribution in [0.3, 0.4) is 0 Å². The van der Waals surface area contributed by atoms with Crippen LogP contribution in [0.25, 0.3) is 31.3 Å². The largest absolute Gasteiger partial charge is 0.356 e. The first-order valence-electron chi connectivity index (χ1n) is 15.2. The zero-order chi connectivity index (χ0) is 30.4. The van der Waals surface area contributed by atoms with E-state index in [9.17, 15) is 0 Å². The quantitative estimate of drug-likeness (QED) is 0.233. The summed E-state index contributed by atoms with van der Waals surface area (Å²) in [4.78, 5) is 2.27. The molecule has 1 aromatic heterocycles. The van der Waals surface area contributed by atoms with Gasteiger partial charge in [-0.3, -0.25) is 0 Å². The first kappa shape index (κ1) is 18.4. The third-order valence-electron chi connectivity index (χ3n) is 6.70. The smallest absolute Gasteiger partial charge is 0.0629 e. The minimum atomic E-state index is -0.390. The molecule has 0 spiro atoms. The van der Waals surface area contributed by atoms with Crippen molar-refractivity contribution in [1.82, 2.24) is 0 Å². The van der Waals surface area contributed by atoms with E-state index >= 15 is 0 Å². The van der Waals surface area contributed by atoms with E-state index in [1.807, 2.05) is 24.3 Å². The second-order valence-electron chi connectivity index (χ2n) is 9.20. The van der Waals surface area contributed by atoms with Gasteiger partial charge >= 0.3 is 0 Å². The van der Waals surface area contributed by atoms with Gasteiger partial charge in [0.1, 0.15) is 0 Å². The summed E-state index contributed by atoms with van der Waals surface area (Å²) in [7, 11) is 0. The molecular weight excluding hydrogens is 492 g/mol. The van der Waals surface area contributed by atoms with Crippen LogP contribution >= 0.6 is 11.3 Å². The molecule has 6 aromatic carbocycles. The van der Waals surface area contributed by atoms with E-state index in [-0.39, 0.29) is 29.7 Å². The Bertz CT molecular complexity index is 2080. The van der Waals surface area contributed by atoms with Crippen LogP contribution in [0.1, 0.15) is 6.85 Å². The second-order valence-corrected chi connectivity index (χ2v) is 10.3. The third kappa shape index (κ3) is 4.65. The van der Waals surface area contributed by atoms with E-state index in [0.717, 1.165) is 33.8 Å². The summed E-state index contributed by atoms with van der Waals surface area (Å²) < 4.78 is 42.8. The average molecular weight is 524 g/mol. The Morgan fingerprint density at radius 2 is 1.10 bits per heavy atom. The van der Waals surface area contributed by atoms with Crippen molar-refractivity contribution in [3.8, 4) is 11.1 Å². The van der Waals surface area contributed by atoms with Gasteiger partial charge in [-0.15, -0.1) is 11.3 Å². The number of anilines is 5. The van der Waals surface area contributed by atoms with E-state index < -0.39 is 6.04 Å². The maximum Gasteiger partial charge on any atom is 0.0629 e. The molecule has 3 heteroatoms. The summed E-state index contributed by atoms with van der Waals surface area (Å²) in [6.07, 6.45) is 0. The number of hydrogen-bond acceptors (Lipinski definition) is 3. The van der Waals surface area contributed by atoms with Crippen LogP contribution in [0.2, 0.25) is 0 Å². The minimum Gasteiger partial charge on any atom is -0.356 e. The maximum absolute atomic E-state index is 8.28. The number of fused-ring (bicyclic) bond motifs is 3.